The number of anilines is 1. The highest BCUT2D eigenvalue weighted by molar-refractivity contribution is 7.90. The van der Waals surface area contributed by atoms with Crippen LogP contribution >= 0.6 is 0 Å². The second kappa shape index (κ2) is 10.1. The Morgan fingerprint density at radius 2 is 1.58 bits per heavy atom. The molecule has 0 aliphatic carbocycles. The molecule has 3 aromatic carbocycles. The number of carbonyl (C=O) groups excluding carboxylic acids is 2. The van der Waals surface area contributed by atoms with Gasteiger partial charge in [0.05, 0.1) is 14.2 Å². The minimum absolute atomic E-state index is 0.0193. The number of methoxy groups -OCH3 is 2. The second-order valence-electron chi connectivity index (χ2n) is 7.14. The van der Waals surface area contributed by atoms with Gasteiger partial charge < -0.3 is 14.8 Å². The van der Waals surface area contributed by atoms with Crippen LogP contribution < -0.4 is 14.8 Å². The summed E-state index contributed by atoms with van der Waals surface area (Å²) in [6.07, 6.45) is 4.06. The van der Waals surface area contributed by atoms with Crippen molar-refractivity contribution < 1.29 is 27.5 Å². The number of carbonyl (C=O) groups is 2. The molecule has 7 nitrogen and oxygen atoms in total. The fraction of sp³-hybridized carbons (Fsp3) is 0.120. The van der Waals surface area contributed by atoms with Gasteiger partial charge in [-0.1, -0.05) is 18.2 Å². The minimum atomic E-state index is -3.48. The van der Waals surface area contributed by atoms with Gasteiger partial charge in [0.2, 0.25) is 0 Å². The maximum Gasteiger partial charge on any atom is 0.255 e. The van der Waals surface area contributed by atoms with Crippen LogP contribution in [0.4, 0.5) is 5.69 Å². The highest BCUT2D eigenvalue weighted by Gasteiger charge is 2.16. The normalized spacial score (nSPS) is 11.2. The average Bonchev–Trinajstić information content (AvgIpc) is 2.81. The lowest BCUT2D eigenvalue weighted by Crippen LogP contribution is -2.11. The van der Waals surface area contributed by atoms with Crippen molar-refractivity contribution in [2.45, 2.75) is 4.90 Å². The Hall–Kier alpha value is -3.91. The first-order valence-corrected chi connectivity index (χ1v) is 11.8. The first kappa shape index (κ1) is 23.7. The molecule has 1 N–H and O–H groups in total. The third kappa shape index (κ3) is 6.08. The first-order chi connectivity index (χ1) is 15.7. The van der Waals surface area contributed by atoms with Crippen molar-refractivity contribution in [3.63, 3.8) is 0 Å². The third-order valence-electron chi connectivity index (χ3n) is 4.77. The lowest BCUT2D eigenvalue weighted by molar-refractivity contribution is 0.102. The van der Waals surface area contributed by atoms with E-state index < -0.39 is 9.84 Å². The monoisotopic (exact) mass is 465 g/mol. The van der Waals surface area contributed by atoms with Crippen molar-refractivity contribution in [2.24, 2.45) is 0 Å². The smallest absolute Gasteiger partial charge is 0.255 e. The van der Waals surface area contributed by atoms with Gasteiger partial charge in [-0.2, -0.15) is 0 Å². The van der Waals surface area contributed by atoms with E-state index in [9.17, 15) is 18.0 Å². The quantitative estimate of drug-likeness (QED) is 0.394. The van der Waals surface area contributed by atoms with Crippen LogP contribution in [0, 0.1) is 0 Å². The van der Waals surface area contributed by atoms with Crippen molar-refractivity contribution in [3.05, 3.63) is 89.5 Å². The van der Waals surface area contributed by atoms with E-state index in [0.29, 0.717) is 28.1 Å². The van der Waals surface area contributed by atoms with Crippen molar-refractivity contribution >= 4 is 33.3 Å². The molecule has 0 saturated carbocycles. The topological polar surface area (TPSA) is 98.8 Å². The molecule has 0 aromatic heterocycles. The summed E-state index contributed by atoms with van der Waals surface area (Å²) in [5, 5.41) is 2.82. The number of amides is 1. The Balaban J connectivity index is 1.73. The molecule has 1 amide bonds. The second-order valence-corrected chi connectivity index (χ2v) is 9.13. The third-order valence-corrected chi connectivity index (χ3v) is 5.91. The summed E-state index contributed by atoms with van der Waals surface area (Å²) in [5.74, 6) is 0.181. The van der Waals surface area contributed by atoms with Crippen molar-refractivity contribution in [1.29, 1.82) is 0 Å². The number of hydrogen-bond donors (Lipinski definition) is 1. The lowest BCUT2D eigenvalue weighted by Gasteiger charge is -2.08. The van der Waals surface area contributed by atoms with Gasteiger partial charge in [0, 0.05) is 23.1 Å². The predicted molar refractivity (Wildman–Crippen MR) is 127 cm³/mol. The molecule has 0 saturated heterocycles. The standard InChI is InChI=1S/C25H23NO6S/c1-31-21-11-8-18(9-12-21)25(28)26-20-6-4-5-17(15-20)7-13-22(27)19-10-14-24(33(3,29)30)23(16-19)32-2/h4-16H,1-3H3,(H,26,28)/b13-7+. The molecule has 0 fully saturated rings. The van der Waals surface area contributed by atoms with Crippen molar-refractivity contribution in [1.82, 2.24) is 0 Å². The van der Waals surface area contributed by atoms with Crippen LogP contribution in [-0.4, -0.2) is 40.6 Å². The van der Waals surface area contributed by atoms with Crippen LogP contribution in [0.5, 0.6) is 11.5 Å². The number of sulfone groups is 1. The summed E-state index contributed by atoms with van der Waals surface area (Å²) in [7, 11) is -0.574. The predicted octanol–water partition coefficient (Wildman–Crippen LogP) is 4.26. The zero-order chi connectivity index (χ0) is 24.0. The summed E-state index contributed by atoms with van der Waals surface area (Å²) in [6, 6.07) is 18.0. The van der Waals surface area contributed by atoms with Gasteiger partial charge in [-0.15, -0.1) is 0 Å². The molecule has 170 valence electrons. The van der Waals surface area contributed by atoms with Crippen molar-refractivity contribution in [2.75, 3.05) is 25.8 Å². The fourth-order valence-electron chi connectivity index (χ4n) is 3.06. The number of nitrogens with one attached hydrogen (secondary N) is 1. The zero-order valence-electron chi connectivity index (χ0n) is 18.4. The van der Waals surface area contributed by atoms with Gasteiger partial charge in [0.1, 0.15) is 16.4 Å². The van der Waals surface area contributed by atoms with Gasteiger partial charge in [-0.05, 0) is 66.2 Å². The molecule has 33 heavy (non-hydrogen) atoms. The molecule has 0 bridgehead atoms. The van der Waals surface area contributed by atoms with E-state index >= 15 is 0 Å². The lowest BCUT2D eigenvalue weighted by atomic mass is 10.1. The van der Waals surface area contributed by atoms with Crippen LogP contribution in [0.3, 0.4) is 0 Å². The van der Waals surface area contributed by atoms with E-state index in [1.807, 2.05) is 0 Å². The van der Waals surface area contributed by atoms with Gasteiger partial charge >= 0.3 is 0 Å². The van der Waals surface area contributed by atoms with Crippen LogP contribution in [0.15, 0.2) is 77.7 Å². The Morgan fingerprint density at radius 1 is 0.879 bits per heavy atom. The fourth-order valence-corrected chi connectivity index (χ4v) is 3.88. The Morgan fingerprint density at radius 3 is 2.21 bits per heavy atom. The molecular formula is C25H23NO6S. The van der Waals surface area contributed by atoms with Crippen molar-refractivity contribution in [3.8, 4) is 11.5 Å². The summed E-state index contributed by atoms with van der Waals surface area (Å²) < 4.78 is 33.9. The largest absolute Gasteiger partial charge is 0.497 e. The van der Waals surface area contributed by atoms with Gasteiger partial charge in [-0.3, -0.25) is 9.59 Å². The molecule has 0 heterocycles. The maximum absolute atomic E-state index is 12.6. The van der Waals surface area contributed by atoms with E-state index in [0.717, 1.165) is 6.26 Å². The molecule has 0 aliphatic rings. The highest BCUT2D eigenvalue weighted by Crippen LogP contribution is 2.25. The molecule has 0 aliphatic heterocycles. The number of allylic oxidation sites excluding steroid dienone is 1. The van der Waals surface area contributed by atoms with Gasteiger partial charge in [0.25, 0.3) is 5.91 Å². The van der Waals surface area contributed by atoms with E-state index in [-0.39, 0.29) is 22.3 Å². The summed E-state index contributed by atoms with van der Waals surface area (Å²) in [4.78, 5) is 25.1. The molecule has 3 rings (SSSR count). The molecular weight excluding hydrogens is 442 g/mol. The number of rotatable bonds is 8. The highest BCUT2D eigenvalue weighted by atomic mass is 32.2. The molecule has 3 aromatic rings. The number of benzene rings is 3. The molecule has 8 heteroatoms. The van der Waals surface area contributed by atoms with Crippen LogP contribution in [0.25, 0.3) is 6.08 Å². The number of hydrogen-bond acceptors (Lipinski definition) is 6. The first-order valence-electron chi connectivity index (χ1n) is 9.87. The van der Waals surface area contributed by atoms with E-state index in [4.69, 9.17) is 9.47 Å². The Kier molecular flexibility index (Phi) is 7.30. The Bertz CT molecular complexity index is 1310. The van der Waals surface area contributed by atoms with E-state index in [2.05, 4.69) is 5.32 Å². The molecule has 0 atom stereocenters. The van der Waals surface area contributed by atoms with Gasteiger partial charge in [-0.25, -0.2) is 8.42 Å². The zero-order valence-corrected chi connectivity index (χ0v) is 19.2. The SMILES string of the molecule is COc1ccc(C(=O)Nc2cccc(/C=C/C(=O)c3ccc(S(C)(=O)=O)c(OC)c3)c2)cc1. The summed E-state index contributed by atoms with van der Waals surface area (Å²) in [5.41, 5.74) is 2.05. The number of ketones is 1. The minimum Gasteiger partial charge on any atom is -0.497 e. The molecule has 0 unspecified atom stereocenters. The average molecular weight is 466 g/mol. The number of ether oxygens (including phenoxy) is 2. The molecule has 0 spiro atoms. The van der Waals surface area contributed by atoms with Crippen LogP contribution in [-0.2, 0) is 9.84 Å². The summed E-state index contributed by atoms with van der Waals surface area (Å²) in [6.45, 7) is 0. The van der Waals surface area contributed by atoms with E-state index in [1.54, 1.807) is 61.7 Å². The maximum atomic E-state index is 12.6. The molecule has 0 radical (unpaired) electrons. The van der Waals surface area contributed by atoms with Gasteiger partial charge in [0.15, 0.2) is 15.6 Å². The van der Waals surface area contributed by atoms with E-state index in [1.165, 1.54) is 31.4 Å². The Labute approximate surface area is 192 Å². The summed E-state index contributed by atoms with van der Waals surface area (Å²) >= 11 is 0. The van der Waals surface area contributed by atoms with Crippen LogP contribution in [0.2, 0.25) is 0 Å². The van der Waals surface area contributed by atoms with Crippen LogP contribution in [0.1, 0.15) is 26.3 Å².